The Morgan fingerprint density at radius 2 is 1.76 bits per heavy atom. The van der Waals surface area contributed by atoms with Gasteiger partial charge in [-0.1, -0.05) is 43.2 Å². The fourth-order valence-corrected chi connectivity index (χ4v) is 7.26. The second kappa shape index (κ2) is 10.9. The van der Waals surface area contributed by atoms with E-state index in [1.807, 2.05) is 54.5 Å². The van der Waals surface area contributed by atoms with Crippen LogP contribution in [-0.2, 0) is 13.6 Å². The third-order valence-electron chi connectivity index (χ3n) is 9.65. The molecule has 2 atom stereocenters. The standard InChI is InChI=1S/C31H38N6O5/c1-33-19-25(18-32-33)24-9-13-35(27(38)17-24)22-31(42)12-14-36(21-30(31)10-5-6-11-30)28(39)37-16-15-34(29(40)41)20-26(37)23-7-3-2-4-8-23/h2-4,7-9,13,17-19,26,42H,5-6,10-12,14-16,20-22H2,1H3,(H,40,41)/t26-,31+/m0/s1. The van der Waals surface area contributed by atoms with Gasteiger partial charge in [0.1, 0.15) is 0 Å². The number of amides is 3. The van der Waals surface area contributed by atoms with Crippen LogP contribution in [0.2, 0.25) is 0 Å². The van der Waals surface area contributed by atoms with Gasteiger partial charge < -0.3 is 29.5 Å². The molecule has 1 saturated carbocycles. The number of benzene rings is 1. The van der Waals surface area contributed by atoms with Gasteiger partial charge in [-0.15, -0.1) is 0 Å². The first-order valence-corrected chi connectivity index (χ1v) is 14.7. The number of piperidine rings is 1. The molecule has 3 amide bonds. The monoisotopic (exact) mass is 574 g/mol. The average Bonchev–Trinajstić information content (AvgIpc) is 3.65. The summed E-state index contributed by atoms with van der Waals surface area (Å²) in [6.07, 6.45) is 8.19. The van der Waals surface area contributed by atoms with Crippen molar-refractivity contribution in [2.24, 2.45) is 12.5 Å². The molecule has 2 saturated heterocycles. The van der Waals surface area contributed by atoms with Crippen LogP contribution < -0.4 is 5.56 Å². The lowest BCUT2D eigenvalue weighted by Crippen LogP contribution is -2.64. The summed E-state index contributed by atoms with van der Waals surface area (Å²) in [5.41, 5.74) is 0.697. The molecule has 42 heavy (non-hydrogen) atoms. The summed E-state index contributed by atoms with van der Waals surface area (Å²) in [5, 5.41) is 26.1. The summed E-state index contributed by atoms with van der Waals surface area (Å²) in [5.74, 6) is 0. The van der Waals surface area contributed by atoms with E-state index >= 15 is 0 Å². The Kier molecular flexibility index (Phi) is 7.30. The zero-order valence-electron chi connectivity index (χ0n) is 23.9. The quantitative estimate of drug-likeness (QED) is 0.492. The molecule has 11 nitrogen and oxygen atoms in total. The second-order valence-corrected chi connectivity index (χ2v) is 12.1. The molecule has 6 rings (SSSR count). The first-order chi connectivity index (χ1) is 20.2. The topological polar surface area (TPSA) is 124 Å². The predicted octanol–water partition coefficient (Wildman–Crippen LogP) is 3.40. The zero-order valence-corrected chi connectivity index (χ0v) is 23.9. The van der Waals surface area contributed by atoms with E-state index in [1.54, 1.807) is 32.6 Å². The highest BCUT2D eigenvalue weighted by molar-refractivity contribution is 5.76. The van der Waals surface area contributed by atoms with Gasteiger partial charge in [0.15, 0.2) is 0 Å². The Hall–Kier alpha value is -4.12. The predicted molar refractivity (Wildman–Crippen MR) is 156 cm³/mol. The van der Waals surface area contributed by atoms with Gasteiger partial charge in [0.05, 0.1) is 24.4 Å². The maximum Gasteiger partial charge on any atom is 0.407 e. The Bertz CT molecular complexity index is 1510. The summed E-state index contributed by atoms with van der Waals surface area (Å²) in [4.78, 5) is 44.0. The molecule has 3 aromatic rings. The smallest absolute Gasteiger partial charge is 0.407 e. The average molecular weight is 575 g/mol. The summed E-state index contributed by atoms with van der Waals surface area (Å²) in [7, 11) is 1.83. The lowest BCUT2D eigenvalue weighted by Gasteiger charge is -2.53. The number of carbonyl (C=O) groups excluding carboxylic acids is 1. The molecule has 0 unspecified atom stereocenters. The molecule has 4 heterocycles. The fraction of sp³-hybridized carbons (Fsp3) is 0.484. The van der Waals surface area contributed by atoms with Crippen molar-refractivity contribution < 1.29 is 19.8 Å². The molecule has 1 aromatic carbocycles. The molecule has 2 aliphatic heterocycles. The number of nitrogens with zero attached hydrogens (tertiary/aromatic N) is 6. The molecule has 1 spiro atoms. The van der Waals surface area contributed by atoms with Gasteiger partial charge >= 0.3 is 12.1 Å². The number of carbonyl (C=O) groups is 2. The minimum atomic E-state index is -1.14. The fourth-order valence-electron chi connectivity index (χ4n) is 7.26. The van der Waals surface area contributed by atoms with Crippen molar-refractivity contribution in [1.29, 1.82) is 0 Å². The van der Waals surface area contributed by atoms with Gasteiger partial charge in [-0.25, -0.2) is 9.59 Å². The number of aryl methyl sites for hydroxylation is 1. The van der Waals surface area contributed by atoms with E-state index in [1.165, 1.54) is 4.90 Å². The van der Waals surface area contributed by atoms with E-state index in [0.717, 1.165) is 42.4 Å². The van der Waals surface area contributed by atoms with Gasteiger partial charge in [-0.2, -0.15) is 5.10 Å². The van der Waals surface area contributed by atoms with Crippen LogP contribution in [0.25, 0.3) is 11.1 Å². The van der Waals surface area contributed by atoms with Gasteiger partial charge in [0.2, 0.25) is 0 Å². The molecule has 222 valence electrons. The van der Waals surface area contributed by atoms with E-state index in [4.69, 9.17) is 0 Å². The minimum absolute atomic E-state index is 0.125. The van der Waals surface area contributed by atoms with Gasteiger partial charge in [0.25, 0.3) is 5.56 Å². The second-order valence-electron chi connectivity index (χ2n) is 12.1. The highest BCUT2D eigenvalue weighted by Crippen LogP contribution is 2.52. The summed E-state index contributed by atoms with van der Waals surface area (Å²) >= 11 is 0. The number of likely N-dealkylation sites (tertiary alicyclic amines) is 1. The maximum atomic E-state index is 14.1. The SMILES string of the molecule is Cn1cc(-c2ccn(C[C@]3(O)CCN(C(=O)N4CCN(C(=O)O)C[C@H]4c4ccccc4)CC34CCCC4)c(=O)c2)cn1. The third-order valence-corrected chi connectivity index (χ3v) is 9.65. The summed E-state index contributed by atoms with van der Waals surface area (Å²) in [6, 6.07) is 12.5. The van der Waals surface area contributed by atoms with Gasteiger partial charge in [-0.05, 0) is 36.5 Å². The molecule has 3 aliphatic rings. The van der Waals surface area contributed by atoms with Crippen molar-refractivity contribution in [3.05, 3.63) is 77.0 Å². The first kappa shape index (κ1) is 28.0. The van der Waals surface area contributed by atoms with Crippen LogP contribution in [0, 0.1) is 5.41 Å². The number of hydrogen-bond acceptors (Lipinski definition) is 5. The highest BCUT2D eigenvalue weighted by Gasteiger charge is 2.56. The number of carboxylic acid groups (broad SMARTS) is 1. The maximum absolute atomic E-state index is 14.1. The normalized spacial score (nSPS) is 23.9. The van der Waals surface area contributed by atoms with Gasteiger partial charge in [0, 0.05) is 69.2 Å². The Morgan fingerprint density at radius 3 is 2.43 bits per heavy atom. The van der Waals surface area contributed by atoms with Crippen LogP contribution in [-0.4, -0.2) is 89.7 Å². The molecule has 2 N–H and O–H groups in total. The number of urea groups is 1. The largest absolute Gasteiger partial charge is 0.465 e. The Balaban J connectivity index is 1.23. The zero-order chi connectivity index (χ0) is 29.5. The van der Waals surface area contributed by atoms with Crippen molar-refractivity contribution in [3.8, 4) is 11.1 Å². The van der Waals surface area contributed by atoms with Crippen LogP contribution in [0.4, 0.5) is 9.59 Å². The molecular formula is C31H38N6O5. The summed E-state index contributed by atoms with van der Waals surface area (Å²) < 4.78 is 3.28. The van der Waals surface area contributed by atoms with Crippen LogP contribution in [0.1, 0.15) is 43.7 Å². The number of aromatic nitrogens is 3. The van der Waals surface area contributed by atoms with Crippen molar-refractivity contribution in [1.82, 2.24) is 29.0 Å². The molecular weight excluding hydrogens is 536 g/mol. The number of rotatable bonds is 4. The first-order valence-electron chi connectivity index (χ1n) is 14.7. The van der Waals surface area contributed by atoms with Crippen molar-refractivity contribution >= 4 is 12.1 Å². The minimum Gasteiger partial charge on any atom is -0.465 e. The molecule has 0 bridgehead atoms. The van der Waals surface area contributed by atoms with Crippen molar-refractivity contribution in [2.75, 3.05) is 32.7 Å². The molecule has 3 fully saturated rings. The molecule has 2 aromatic heterocycles. The van der Waals surface area contributed by atoms with Crippen molar-refractivity contribution in [3.63, 3.8) is 0 Å². The van der Waals surface area contributed by atoms with Crippen LogP contribution in [0.5, 0.6) is 0 Å². The Labute approximate surface area is 244 Å². The van der Waals surface area contributed by atoms with Crippen molar-refractivity contribution in [2.45, 2.75) is 50.3 Å². The third kappa shape index (κ3) is 5.06. The van der Waals surface area contributed by atoms with E-state index in [9.17, 15) is 24.6 Å². The van der Waals surface area contributed by atoms with E-state index in [0.29, 0.717) is 26.1 Å². The summed E-state index contributed by atoms with van der Waals surface area (Å²) in [6.45, 7) is 1.71. The Morgan fingerprint density at radius 1 is 1.00 bits per heavy atom. The molecule has 1 aliphatic carbocycles. The molecule has 0 radical (unpaired) electrons. The lowest BCUT2D eigenvalue weighted by atomic mass is 9.66. The van der Waals surface area contributed by atoms with Crippen LogP contribution >= 0.6 is 0 Å². The number of pyridine rings is 1. The number of piperazine rings is 1. The number of aliphatic hydroxyl groups is 1. The van der Waals surface area contributed by atoms with E-state index < -0.39 is 17.1 Å². The number of hydrogen-bond donors (Lipinski definition) is 2. The lowest BCUT2D eigenvalue weighted by molar-refractivity contribution is -0.137. The van der Waals surface area contributed by atoms with Crippen LogP contribution in [0.15, 0.2) is 65.8 Å². The van der Waals surface area contributed by atoms with Gasteiger partial charge in [-0.3, -0.25) is 9.48 Å². The van der Waals surface area contributed by atoms with E-state index in [2.05, 4.69) is 5.10 Å². The van der Waals surface area contributed by atoms with E-state index in [-0.39, 0.29) is 37.3 Å². The van der Waals surface area contributed by atoms with Crippen LogP contribution in [0.3, 0.4) is 0 Å². The molecule has 11 heteroatoms. The highest BCUT2D eigenvalue weighted by atomic mass is 16.4.